The number of hydrogen-bond donors (Lipinski definition) is 1. The van der Waals surface area contributed by atoms with E-state index in [4.69, 9.17) is 32.8 Å². The van der Waals surface area contributed by atoms with Crippen LogP contribution in [0.5, 0.6) is 0 Å². The van der Waals surface area contributed by atoms with Crippen LogP contribution in [0.25, 0.3) is 0 Å². The van der Waals surface area contributed by atoms with Crippen LogP contribution in [0.3, 0.4) is 0 Å². The average molecular weight is 709 g/mol. The van der Waals surface area contributed by atoms with Crippen molar-refractivity contribution in [1.82, 2.24) is 9.55 Å². The number of hydrogen-bond acceptors (Lipinski definition) is 9. The number of nitrogens with one attached hydrogen (secondary N) is 1. The average Bonchev–Trinajstić information content (AvgIpc) is 3.46. The molecule has 0 saturated carbocycles. The molecule has 2 aromatic carbocycles. The van der Waals surface area contributed by atoms with Crippen molar-refractivity contribution < 1.29 is 32.8 Å². The highest BCUT2D eigenvalue weighted by atomic mass is 28.4. The van der Waals surface area contributed by atoms with E-state index >= 15 is 0 Å². The molecule has 3 aliphatic rings. The summed E-state index contributed by atoms with van der Waals surface area (Å²) in [6, 6.07) is 20.9. The van der Waals surface area contributed by atoms with Gasteiger partial charge in [-0.25, -0.2) is 4.79 Å². The van der Waals surface area contributed by atoms with Gasteiger partial charge in [0.05, 0.1) is 19.8 Å². The number of aromatic amines is 1. The lowest BCUT2D eigenvalue weighted by atomic mass is 10.1. The van der Waals surface area contributed by atoms with Crippen molar-refractivity contribution in [3.63, 3.8) is 0 Å². The van der Waals surface area contributed by atoms with Crippen molar-refractivity contribution in [1.29, 1.82) is 0 Å². The molecule has 6 atom stereocenters. The van der Waals surface area contributed by atoms with Gasteiger partial charge in [-0.05, 0) is 60.9 Å². The monoisotopic (exact) mass is 708 g/mol. The third-order valence-corrected chi connectivity index (χ3v) is 14.9. The molecule has 0 spiro atoms. The van der Waals surface area contributed by atoms with Gasteiger partial charge in [0, 0.05) is 25.0 Å². The summed E-state index contributed by atoms with van der Waals surface area (Å²) in [5.74, 6) is 0. The molecule has 12 heteroatoms. The van der Waals surface area contributed by atoms with E-state index in [0.717, 1.165) is 38.5 Å². The Morgan fingerprint density at radius 3 is 2.02 bits per heavy atom. The second-order valence-electron chi connectivity index (χ2n) is 14.4. The van der Waals surface area contributed by atoms with Crippen molar-refractivity contribution in [3.8, 4) is 0 Å². The van der Waals surface area contributed by atoms with Crippen LogP contribution < -0.4 is 21.6 Å². The van der Waals surface area contributed by atoms with Crippen LogP contribution in [0.15, 0.2) is 76.4 Å². The fourth-order valence-electron chi connectivity index (χ4n) is 7.36. The molecule has 1 aromatic heterocycles. The van der Waals surface area contributed by atoms with Crippen molar-refractivity contribution in [2.75, 3.05) is 33.0 Å². The summed E-state index contributed by atoms with van der Waals surface area (Å²) in [6.45, 7) is 10.3. The summed E-state index contributed by atoms with van der Waals surface area (Å²) < 4.78 is 46.5. The van der Waals surface area contributed by atoms with Crippen molar-refractivity contribution in [2.45, 2.75) is 108 Å². The molecule has 3 aromatic rings. The zero-order chi connectivity index (χ0) is 35.1. The first kappa shape index (κ1) is 36.8. The molecule has 0 radical (unpaired) electrons. The highest BCUT2D eigenvalue weighted by molar-refractivity contribution is 6.99. The minimum absolute atomic E-state index is 0.175. The summed E-state index contributed by atoms with van der Waals surface area (Å²) in [5.41, 5.74) is -0.656. The number of aryl methyl sites for hydroxylation is 1. The third-order valence-electron chi connectivity index (χ3n) is 9.87. The van der Waals surface area contributed by atoms with Crippen LogP contribution in [-0.2, 0) is 32.8 Å². The van der Waals surface area contributed by atoms with Crippen LogP contribution in [0.4, 0.5) is 0 Å². The normalized spacial score (nSPS) is 26.2. The minimum Gasteiger partial charge on any atom is -0.405 e. The maximum Gasteiger partial charge on any atom is 0.330 e. The van der Waals surface area contributed by atoms with E-state index in [1.807, 2.05) is 12.1 Å². The van der Waals surface area contributed by atoms with Crippen LogP contribution >= 0.6 is 0 Å². The second kappa shape index (κ2) is 16.6. The van der Waals surface area contributed by atoms with Crippen LogP contribution in [0, 0.1) is 6.92 Å². The van der Waals surface area contributed by atoms with Gasteiger partial charge >= 0.3 is 5.69 Å². The topological polar surface area (TPSA) is 119 Å². The summed E-state index contributed by atoms with van der Waals surface area (Å²) in [6.07, 6.45) is 3.37. The lowest BCUT2D eigenvalue weighted by Crippen LogP contribution is -2.66. The number of rotatable bonds is 13. The first-order chi connectivity index (χ1) is 24.2. The smallest absolute Gasteiger partial charge is 0.330 e. The molecule has 0 aliphatic carbocycles. The summed E-state index contributed by atoms with van der Waals surface area (Å²) in [4.78, 5) is 28.0. The number of H-pyrrole nitrogens is 1. The number of aromatic nitrogens is 2. The van der Waals surface area contributed by atoms with Gasteiger partial charge in [0.1, 0.15) is 18.3 Å². The van der Waals surface area contributed by atoms with Crippen LogP contribution in [0.1, 0.15) is 71.1 Å². The standard InChI is InChI=1S/C38H52N2O9Si/c1-27-25-40(37(42)39-35(27)41)36-34(33(49-32-20-12-14-22-44-32)30(48-36)26-46-31-19-11-13-21-43-31)45-23-24-47-50(38(2,3)4,28-15-7-5-8-16-28)29-17-9-6-10-18-29/h5-10,15-18,25,30-34,36H,11-14,19-24,26H2,1-4H3,(H,39,41,42)/t30-,31?,32?,33-,34+,36-/m1/s1. The number of nitrogens with zero attached hydrogens (tertiary/aromatic N) is 1. The van der Waals surface area contributed by atoms with Crippen LogP contribution in [-0.4, -0.2) is 81.8 Å². The summed E-state index contributed by atoms with van der Waals surface area (Å²) in [5, 5.41) is 2.14. The van der Waals surface area contributed by atoms with Gasteiger partial charge in [-0.2, -0.15) is 0 Å². The van der Waals surface area contributed by atoms with Gasteiger partial charge < -0.3 is 32.8 Å². The first-order valence-corrected chi connectivity index (χ1v) is 19.9. The minimum atomic E-state index is -2.82. The van der Waals surface area contributed by atoms with Gasteiger partial charge in [-0.3, -0.25) is 14.3 Å². The van der Waals surface area contributed by atoms with Crippen molar-refractivity contribution in [2.24, 2.45) is 0 Å². The number of benzene rings is 2. The maximum absolute atomic E-state index is 13.3. The zero-order valence-electron chi connectivity index (χ0n) is 29.7. The molecule has 3 fully saturated rings. The Labute approximate surface area is 295 Å². The highest BCUT2D eigenvalue weighted by Gasteiger charge is 2.51. The molecular weight excluding hydrogens is 657 g/mol. The van der Waals surface area contributed by atoms with Crippen LogP contribution in [0.2, 0.25) is 5.04 Å². The molecule has 50 heavy (non-hydrogen) atoms. The molecule has 4 heterocycles. The molecular formula is C38H52N2O9Si. The molecule has 272 valence electrons. The van der Waals surface area contributed by atoms with Crippen molar-refractivity contribution in [3.05, 3.63) is 93.3 Å². The van der Waals surface area contributed by atoms with Gasteiger partial charge in [0.25, 0.3) is 13.9 Å². The van der Waals surface area contributed by atoms with E-state index < -0.39 is 50.4 Å². The largest absolute Gasteiger partial charge is 0.405 e. The number of ether oxygens (including phenoxy) is 6. The first-order valence-electron chi connectivity index (χ1n) is 18.0. The maximum atomic E-state index is 13.3. The Morgan fingerprint density at radius 1 is 0.820 bits per heavy atom. The van der Waals surface area contributed by atoms with Gasteiger partial charge in [0.15, 0.2) is 18.8 Å². The molecule has 1 N–H and O–H groups in total. The lowest BCUT2D eigenvalue weighted by molar-refractivity contribution is -0.225. The summed E-state index contributed by atoms with van der Waals surface area (Å²) in [7, 11) is -2.82. The molecule has 11 nitrogen and oxygen atoms in total. The third kappa shape index (κ3) is 8.23. The highest BCUT2D eigenvalue weighted by Crippen LogP contribution is 2.38. The Bertz CT molecular complexity index is 1580. The van der Waals surface area contributed by atoms with E-state index in [0.29, 0.717) is 25.4 Å². The van der Waals surface area contributed by atoms with E-state index in [-0.39, 0.29) is 24.5 Å². The molecule has 6 rings (SSSR count). The zero-order valence-corrected chi connectivity index (χ0v) is 30.7. The van der Waals surface area contributed by atoms with E-state index in [2.05, 4.69) is 74.3 Å². The quantitative estimate of drug-likeness (QED) is 0.206. The Balaban J connectivity index is 1.29. The molecule has 0 amide bonds. The Hall–Kier alpha value is -2.94. The Morgan fingerprint density at radius 2 is 1.44 bits per heavy atom. The van der Waals surface area contributed by atoms with E-state index in [1.165, 1.54) is 21.1 Å². The van der Waals surface area contributed by atoms with Gasteiger partial charge in [0.2, 0.25) is 0 Å². The molecule has 0 bridgehead atoms. The fourth-order valence-corrected chi connectivity index (χ4v) is 11.9. The summed E-state index contributed by atoms with van der Waals surface area (Å²) >= 11 is 0. The molecule has 3 saturated heterocycles. The van der Waals surface area contributed by atoms with E-state index in [1.54, 1.807) is 6.92 Å². The fraction of sp³-hybridized carbons (Fsp3) is 0.579. The lowest BCUT2D eigenvalue weighted by Gasteiger charge is -2.43. The van der Waals surface area contributed by atoms with E-state index in [9.17, 15) is 9.59 Å². The molecule has 3 aliphatic heterocycles. The SMILES string of the molecule is Cc1cn([C@@H]2O[C@H](COC3CCCCO3)[C@@H](OC3CCCCO3)[C@@H]2OCCO[Si](c2ccccc2)(c2ccccc2)C(C)(C)C)c(=O)[nH]c1=O. The van der Waals surface area contributed by atoms with Gasteiger partial charge in [-0.15, -0.1) is 0 Å². The predicted octanol–water partition coefficient (Wildman–Crippen LogP) is 4.16. The second-order valence-corrected chi connectivity index (χ2v) is 18.7. The Kier molecular flexibility index (Phi) is 12.2. The molecule has 2 unspecified atom stereocenters. The predicted molar refractivity (Wildman–Crippen MR) is 191 cm³/mol. The van der Waals surface area contributed by atoms with Crippen molar-refractivity contribution >= 4 is 18.7 Å². The van der Waals surface area contributed by atoms with Gasteiger partial charge in [-0.1, -0.05) is 81.4 Å².